The van der Waals surface area contributed by atoms with Gasteiger partial charge in [0.1, 0.15) is 0 Å². The first-order valence-corrected chi connectivity index (χ1v) is 6.56. The Morgan fingerprint density at radius 2 is 2.12 bits per heavy atom. The Morgan fingerprint density at radius 1 is 1.47 bits per heavy atom. The third-order valence-electron chi connectivity index (χ3n) is 3.74. The van der Waals surface area contributed by atoms with Crippen molar-refractivity contribution in [3.8, 4) is 0 Å². The lowest BCUT2D eigenvalue weighted by molar-refractivity contribution is -0.140. The van der Waals surface area contributed by atoms with Gasteiger partial charge in [0.15, 0.2) is 0 Å². The average Bonchev–Trinajstić information content (AvgIpc) is 2.34. The predicted octanol–water partition coefficient (Wildman–Crippen LogP) is 1.09. The molecule has 1 atom stereocenters. The number of amides is 1. The zero-order valence-corrected chi connectivity index (χ0v) is 11.6. The minimum Gasteiger partial charge on any atom is -0.396 e. The molecule has 1 fully saturated rings. The number of carbonyl (C=O) groups excluding carboxylic acids is 1. The van der Waals surface area contributed by atoms with E-state index in [0.29, 0.717) is 6.42 Å². The Kier molecular flexibility index (Phi) is 4.95. The molecular weight excluding hydrogens is 216 g/mol. The zero-order valence-electron chi connectivity index (χ0n) is 11.6. The summed E-state index contributed by atoms with van der Waals surface area (Å²) in [6.07, 6.45) is 2.49. The number of hydrogen-bond acceptors (Lipinski definition) is 3. The molecule has 1 heterocycles. The predicted molar refractivity (Wildman–Crippen MR) is 68.8 cm³/mol. The minimum absolute atomic E-state index is 0.0706. The van der Waals surface area contributed by atoms with Gasteiger partial charge in [-0.15, -0.1) is 0 Å². The number of nitrogens with zero attached hydrogens (tertiary/aromatic N) is 2. The van der Waals surface area contributed by atoms with Crippen molar-refractivity contribution >= 4 is 5.91 Å². The van der Waals surface area contributed by atoms with Crippen LogP contribution >= 0.6 is 0 Å². The summed E-state index contributed by atoms with van der Waals surface area (Å²) in [5.41, 5.74) is -0.0778. The van der Waals surface area contributed by atoms with Crippen LogP contribution in [0.1, 0.15) is 40.0 Å². The maximum Gasteiger partial charge on any atom is 0.240 e. The zero-order chi connectivity index (χ0) is 13.1. The standard InChI is InChI=1S/C13H26N2O2/c1-5-8-15-12(17)11(6-10-16)14(4)9-7-13(15,2)3/h11,16H,5-10H2,1-4H3. The van der Waals surface area contributed by atoms with Crippen LogP contribution in [0.4, 0.5) is 0 Å². The molecule has 0 aromatic heterocycles. The van der Waals surface area contributed by atoms with Crippen molar-refractivity contribution < 1.29 is 9.90 Å². The molecule has 1 saturated heterocycles. The van der Waals surface area contributed by atoms with Crippen LogP contribution in [0.25, 0.3) is 0 Å². The summed E-state index contributed by atoms with van der Waals surface area (Å²) in [4.78, 5) is 16.6. The molecule has 1 rings (SSSR count). The second-order valence-electron chi connectivity index (χ2n) is 5.56. The minimum atomic E-state index is -0.159. The van der Waals surface area contributed by atoms with Crippen LogP contribution in [-0.4, -0.2) is 59.1 Å². The molecular formula is C13H26N2O2. The summed E-state index contributed by atoms with van der Waals surface area (Å²) in [5, 5.41) is 9.09. The van der Waals surface area contributed by atoms with E-state index in [1.165, 1.54) is 0 Å². The highest BCUT2D eigenvalue weighted by Crippen LogP contribution is 2.26. The van der Waals surface area contributed by atoms with Gasteiger partial charge in [-0.05, 0) is 40.2 Å². The van der Waals surface area contributed by atoms with E-state index in [1.807, 2.05) is 11.9 Å². The van der Waals surface area contributed by atoms with Crippen LogP contribution in [0.5, 0.6) is 0 Å². The van der Waals surface area contributed by atoms with Gasteiger partial charge in [0.2, 0.25) is 5.91 Å². The first-order valence-electron chi connectivity index (χ1n) is 6.56. The van der Waals surface area contributed by atoms with Gasteiger partial charge in [0, 0.05) is 25.2 Å². The summed E-state index contributed by atoms with van der Waals surface area (Å²) < 4.78 is 0. The molecule has 0 spiro atoms. The molecule has 1 aliphatic rings. The topological polar surface area (TPSA) is 43.8 Å². The number of aliphatic hydroxyl groups is 1. The molecule has 100 valence electrons. The second kappa shape index (κ2) is 5.83. The molecule has 0 saturated carbocycles. The van der Waals surface area contributed by atoms with E-state index >= 15 is 0 Å². The van der Waals surface area contributed by atoms with E-state index in [4.69, 9.17) is 5.11 Å². The average molecular weight is 242 g/mol. The summed E-state index contributed by atoms with van der Waals surface area (Å²) >= 11 is 0. The molecule has 0 aliphatic carbocycles. The Bertz CT molecular complexity index is 266. The van der Waals surface area contributed by atoms with Gasteiger partial charge in [-0.25, -0.2) is 0 Å². The van der Waals surface area contributed by atoms with Gasteiger partial charge < -0.3 is 10.0 Å². The molecule has 1 unspecified atom stereocenters. The molecule has 4 heteroatoms. The van der Waals surface area contributed by atoms with E-state index in [0.717, 1.165) is 25.9 Å². The molecule has 0 bridgehead atoms. The number of carbonyl (C=O) groups is 1. The normalized spacial score (nSPS) is 26.1. The Labute approximate surface area is 105 Å². The van der Waals surface area contributed by atoms with Crippen molar-refractivity contribution in [3.05, 3.63) is 0 Å². The molecule has 17 heavy (non-hydrogen) atoms. The first kappa shape index (κ1) is 14.5. The third kappa shape index (κ3) is 3.19. The Balaban J connectivity index is 2.93. The quantitative estimate of drug-likeness (QED) is 0.802. The number of likely N-dealkylation sites (N-methyl/N-ethyl adjacent to an activating group) is 1. The maximum atomic E-state index is 12.5. The smallest absolute Gasteiger partial charge is 0.240 e. The van der Waals surface area contributed by atoms with E-state index < -0.39 is 0 Å². The van der Waals surface area contributed by atoms with Gasteiger partial charge in [-0.3, -0.25) is 9.69 Å². The monoisotopic (exact) mass is 242 g/mol. The molecule has 1 N–H and O–H groups in total. The van der Waals surface area contributed by atoms with Crippen molar-refractivity contribution in [2.45, 2.75) is 51.6 Å². The van der Waals surface area contributed by atoms with Crippen LogP contribution in [0.2, 0.25) is 0 Å². The van der Waals surface area contributed by atoms with Crippen LogP contribution < -0.4 is 0 Å². The molecule has 1 aliphatic heterocycles. The van der Waals surface area contributed by atoms with E-state index in [-0.39, 0.29) is 24.1 Å². The molecule has 0 aromatic carbocycles. The summed E-state index contributed by atoms with van der Waals surface area (Å²) in [6, 6.07) is -0.159. The highest BCUT2D eigenvalue weighted by atomic mass is 16.3. The fourth-order valence-corrected chi connectivity index (χ4v) is 2.51. The number of hydrogen-bond donors (Lipinski definition) is 1. The van der Waals surface area contributed by atoms with Gasteiger partial charge in [0.25, 0.3) is 0 Å². The Morgan fingerprint density at radius 3 is 2.65 bits per heavy atom. The van der Waals surface area contributed by atoms with Crippen molar-refractivity contribution in [3.63, 3.8) is 0 Å². The van der Waals surface area contributed by atoms with E-state index in [9.17, 15) is 4.79 Å². The van der Waals surface area contributed by atoms with Crippen molar-refractivity contribution in [2.75, 3.05) is 26.7 Å². The highest BCUT2D eigenvalue weighted by molar-refractivity contribution is 5.83. The van der Waals surface area contributed by atoms with Crippen LogP contribution in [0.3, 0.4) is 0 Å². The number of rotatable bonds is 4. The van der Waals surface area contributed by atoms with Gasteiger partial charge in [-0.2, -0.15) is 0 Å². The fraction of sp³-hybridized carbons (Fsp3) is 0.923. The van der Waals surface area contributed by atoms with Crippen molar-refractivity contribution in [1.29, 1.82) is 0 Å². The van der Waals surface area contributed by atoms with E-state index in [2.05, 4.69) is 25.7 Å². The Hall–Kier alpha value is -0.610. The lowest BCUT2D eigenvalue weighted by Crippen LogP contribution is -2.51. The van der Waals surface area contributed by atoms with Crippen LogP contribution in [0, 0.1) is 0 Å². The van der Waals surface area contributed by atoms with E-state index in [1.54, 1.807) is 0 Å². The van der Waals surface area contributed by atoms with Gasteiger partial charge in [0.05, 0.1) is 6.04 Å². The highest BCUT2D eigenvalue weighted by Gasteiger charge is 2.38. The fourth-order valence-electron chi connectivity index (χ4n) is 2.51. The second-order valence-corrected chi connectivity index (χ2v) is 5.56. The van der Waals surface area contributed by atoms with Gasteiger partial charge >= 0.3 is 0 Å². The SMILES string of the molecule is CCCN1C(=O)C(CCO)N(C)CCC1(C)C. The largest absolute Gasteiger partial charge is 0.396 e. The van der Waals surface area contributed by atoms with Crippen LogP contribution in [0.15, 0.2) is 0 Å². The van der Waals surface area contributed by atoms with Crippen molar-refractivity contribution in [2.24, 2.45) is 0 Å². The van der Waals surface area contributed by atoms with Crippen molar-refractivity contribution in [1.82, 2.24) is 9.80 Å². The first-order chi connectivity index (χ1) is 7.94. The summed E-state index contributed by atoms with van der Waals surface area (Å²) in [7, 11) is 1.98. The maximum absolute atomic E-state index is 12.5. The molecule has 4 nitrogen and oxygen atoms in total. The lowest BCUT2D eigenvalue weighted by Gasteiger charge is -2.38. The summed E-state index contributed by atoms with van der Waals surface area (Å²) in [5.74, 6) is 0.172. The molecule has 0 radical (unpaired) electrons. The number of aliphatic hydroxyl groups excluding tert-OH is 1. The molecule has 0 aromatic rings. The summed E-state index contributed by atoms with van der Waals surface area (Å²) in [6.45, 7) is 8.15. The third-order valence-corrected chi connectivity index (χ3v) is 3.74. The lowest BCUT2D eigenvalue weighted by atomic mass is 9.98. The van der Waals surface area contributed by atoms with Gasteiger partial charge in [-0.1, -0.05) is 6.92 Å². The van der Waals surface area contributed by atoms with Crippen LogP contribution in [-0.2, 0) is 4.79 Å². The molecule has 1 amide bonds.